The van der Waals surface area contributed by atoms with Crippen molar-refractivity contribution in [3.63, 3.8) is 0 Å². The summed E-state index contributed by atoms with van der Waals surface area (Å²) in [5.41, 5.74) is 4.67. The summed E-state index contributed by atoms with van der Waals surface area (Å²) in [7, 11) is 1.79. The molecule has 3 aromatic rings. The van der Waals surface area contributed by atoms with Gasteiger partial charge in [0.25, 0.3) is 0 Å². The number of fused-ring (bicyclic) bond motifs is 1. The third-order valence-electron chi connectivity index (χ3n) is 3.37. The summed E-state index contributed by atoms with van der Waals surface area (Å²) in [4.78, 5) is 16.6. The highest BCUT2D eigenvalue weighted by Crippen LogP contribution is 2.18. The van der Waals surface area contributed by atoms with Gasteiger partial charge in [-0.25, -0.2) is 4.79 Å². The van der Waals surface area contributed by atoms with Crippen LogP contribution in [-0.4, -0.2) is 14.1 Å². The lowest BCUT2D eigenvalue weighted by atomic mass is 10.2. The molecular weight excluding hydrogens is 262 g/mol. The Morgan fingerprint density at radius 2 is 1.71 bits per heavy atom. The summed E-state index contributed by atoms with van der Waals surface area (Å²) >= 11 is 0. The third kappa shape index (κ3) is 2.61. The maximum absolute atomic E-state index is 12.4. The van der Waals surface area contributed by atoms with Crippen molar-refractivity contribution < 1.29 is 0 Å². The van der Waals surface area contributed by atoms with E-state index in [0.717, 1.165) is 28.0 Å². The molecular formula is C17H21N3O. The molecule has 0 unspecified atom stereocenters. The van der Waals surface area contributed by atoms with Crippen LogP contribution in [0.15, 0.2) is 41.3 Å². The molecule has 2 heterocycles. The monoisotopic (exact) mass is 283 g/mol. The van der Waals surface area contributed by atoms with Crippen LogP contribution in [-0.2, 0) is 7.05 Å². The molecule has 4 nitrogen and oxygen atoms in total. The Labute approximate surface area is 124 Å². The number of aryl methyl sites for hydroxylation is 3. The Hall–Kier alpha value is -2.36. The molecule has 110 valence electrons. The second-order valence-corrected chi connectivity index (χ2v) is 4.83. The van der Waals surface area contributed by atoms with Gasteiger partial charge < -0.3 is 0 Å². The zero-order valence-corrected chi connectivity index (χ0v) is 13.2. The Bertz CT molecular complexity index is 810. The number of rotatable bonds is 1. The van der Waals surface area contributed by atoms with Crippen molar-refractivity contribution in [2.24, 2.45) is 7.05 Å². The van der Waals surface area contributed by atoms with Gasteiger partial charge in [-0.2, -0.15) is 0 Å². The lowest BCUT2D eigenvalue weighted by molar-refractivity contribution is 0.843. The van der Waals surface area contributed by atoms with E-state index in [1.165, 1.54) is 0 Å². The van der Waals surface area contributed by atoms with Crippen molar-refractivity contribution in [3.05, 3.63) is 58.3 Å². The van der Waals surface area contributed by atoms with Crippen molar-refractivity contribution in [1.29, 1.82) is 0 Å². The normalized spacial score (nSPS) is 10.3. The highest BCUT2D eigenvalue weighted by molar-refractivity contribution is 5.78. The van der Waals surface area contributed by atoms with Crippen LogP contribution in [0.5, 0.6) is 0 Å². The lowest BCUT2D eigenvalue weighted by Gasteiger charge is -2.03. The molecule has 0 aliphatic carbocycles. The minimum Gasteiger partial charge on any atom is -0.295 e. The molecule has 0 atom stereocenters. The van der Waals surface area contributed by atoms with Gasteiger partial charge in [-0.1, -0.05) is 19.9 Å². The van der Waals surface area contributed by atoms with E-state index in [9.17, 15) is 4.79 Å². The van der Waals surface area contributed by atoms with Crippen LogP contribution in [0.2, 0.25) is 0 Å². The van der Waals surface area contributed by atoms with Gasteiger partial charge in [-0.15, -0.1) is 0 Å². The summed E-state index contributed by atoms with van der Waals surface area (Å²) in [6, 6.07) is 9.85. The fourth-order valence-corrected chi connectivity index (χ4v) is 2.29. The maximum atomic E-state index is 12.4. The minimum absolute atomic E-state index is 0.0498. The molecule has 0 saturated carbocycles. The van der Waals surface area contributed by atoms with Crippen LogP contribution >= 0.6 is 0 Å². The molecule has 0 aliphatic rings. The van der Waals surface area contributed by atoms with Crippen molar-refractivity contribution in [2.75, 3.05) is 0 Å². The first-order valence-corrected chi connectivity index (χ1v) is 7.19. The van der Waals surface area contributed by atoms with Crippen LogP contribution in [0.25, 0.3) is 16.7 Å². The standard InChI is InChI=1S/C15H15N3O.C2H6/c1-10-4-7-13-14(8-10)17(3)15(19)18(13)12-6-5-11(2)16-9-12;1-2/h4-9H,1-3H3;1-2H3. The molecule has 0 radical (unpaired) electrons. The molecule has 0 saturated heterocycles. The van der Waals surface area contributed by atoms with Gasteiger partial charge in [0, 0.05) is 12.7 Å². The van der Waals surface area contributed by atoms with Crippen LogP contribution < -0.4 is 5.69 Å². The SMILES string of the molecule is CC.Cc1ccc2c(c1)n(C)c(=O)n2-c1ccc(C)nc1. The maximum Gasteiger partial charge on any atom is 0.333 e. The quantitative estimate of drug-likeness (QED) is 0.687. The number of benzene rings is 1. The molecule has 0 aliphatic heterocycles. The Balaban J connectivity index is 0.000000774. The first-order valence-electron chi connectivity index (χ1n) is 7.19. The fourth-order valence-electron chi connectivity index (χ4n) is 2.29. The van der Waals surface area contributed by atoms with Crippen LogP contribution in [0.3, 0.4) is 0 Å². The topological polar surface area (TPSA) is 39.8 Å². The summed E-state index contributed by atoms with van der Waals surface area (Å²) < 4.78 is 3.36. The molecule has 2 aromatic heterocycles. The van der Waals surface area contributed by atoms with Gasteiger partial charge in [0.15, 0.2) is 0 Å². The predicted molar refractivity (Wildman–Crippen MR) is 87.1 cm³/mol. The second kappa shape index (κ2) is 5.95. The Kier molecular flexibility index (Phi) is 4.26. The van der Waals surface area contributed by atoms with Gasteiger partial charge in [0.2, 0.25) is 0 Å². The number of imidazole rings is 1. The highest BCUT2D eigenvalue weighted by atomic mass is 16.1. The van der Waals surface area contributed by atoms with E-state index in [1.807, 2.05) is 58.0 Å². The van der Waals surface area contributed by atoms with Crippen molar-refractivity contribution in [1.82, 2.24) is 14.1 Å². The molecule has 0 N–H and O–H groups in total. The second-order valence-electron chi connectivity index (χ2n) is 4.83. The van der Waals surface area contributed by atoms with Gasteiger partial charge in [-0.05, 0) is 43.7 Å². The van der Waals surface area contributed by atoms with E-state index in [-0.39, 0.29) is 5.69 Å². The van der Waals surface area contributed by atoms with E-state index >= 15 is 0 Å². The molecule has 1 aromatic carbocycles. The van der Waals surface area contributed by atoms with Gasteiger partial charge >= 0.3 is 5.69 Å². The van der Waals surface area contributed by atoms with E-state index in [1.54, 1.807) is 22.4 Å². The number of aromatic nitrogens is 3. The number of hydrogen-bond acceptors (Lipinski definition) is 2. The van der Waals surface area contributed by atoms with Gasteiger partial charge in [0.05, 0.1) is 22.9 Å². The fraction of sp³-hybridized carbons (Fsp3) is 0.294. The number of hydrogen-bond donors (Lipinski definition) is 0. The smallest absolute Gasteiger partial charge is 0.295 e. The predicted octanol–water partition coefficient (Wildman–Crippen LogP) is 3.37. The first kappa shape index (κ1) is 15.0. The highest BCUT2D eigenvalue weighted by Gasteiger charge is 2.12. The van der Waals surface area contributed by atoms with Crippen molar-refractivity contribution >= 4 is 11.0 Å². The number of nitrogens with zero attached hydrogens (tertiary/aromatic N) is 3. The van der Waals surface area contributed by atoms with E-state index in [4.69, 9.17) is 0 Å². The summed E-state index contributed by atoms with van der Waals surface area (Å²) in [6.45, 7) is 7.95. The molecule has 0 fully saturated rings. The zero-order chi connectivity index (χ0) is 15.6. The minimum atomic E-state index is -0.0498. The molecule has 21 heavy (non-hydrogen) atoms. The molecule has 0 spiro atoms. The average Bonchev–Trinajstić information content (AvgIpc) is 2.74. The van der Waals surface area contributed by atoms with E-state index in [2.05, 4.69) is 4.98 Å². The summed E-state index contributed by atoms with van der Waals surface area (Å²) in [5.74, 6) is 0. The third-order valence-corrected chi connectivity index (χ3v) is 3.37. The Morgan fingerprint density at radius 3 is 2.33 bits per heavy atom. The first-order chi connectivity index (χ1) is 10.1. The number of pyridine rings is 1. The summed E-state index contributed by atoms with van der Waals surface area (Å²) in [6.07, 6.45) is 1.73. The molecule has 4 heteroatoms. The average molecular weight is 283 g/mol. The van der Waals surface area contributed by atoms with E-state index < -0.39 is 0 Å². The van der Waals surface area contributed by atoms with Crippen LogP contribution in [0, 0.1) is 13.8 Å². The van der Waals surface area contributed by atoms with Crippen molar-refractivity contribution in [2.45, 2.75) is 27.7 Å². The Morgan fingerprint density at radius 1 is 1.00 bits per heavy atom. The zero-order valence-electron chi connectivity index (χ0n) is 13.2. The largest absolute Gasteiger partial charge is 0.333 e. The molecule has 3 rings (SSSR count). The van der Waals surface area contributed by atoms with Gasteiger partial charge in [0.1, 0.15) is 0 Å². The summed E-state index contributed by atoms with van der Waals surface area (Å²) in [5, 5.41) is 0. The van der Waals surface area contributed by atoms with Crippen LogP contribution in [0.4, 0.5) is 0 Å². The molecule has 0 bridgehead atoms. The van der Waals surface area contributed by atoms with Gasteiger partial charge in [-0.3, -0.25) is 14.1 Å². The van der Waals surface area contributed by atoms with Crippen LogP contribution in [0.1, 0.15) is 25.1 Å². The van der Waals surface area contributed by atoms with Crippen molar-refractivity contribution in [3.8, 4) is 5.69 Å². The van der Waals surface area contributed by atoms with E-state index in [0.29, 0.717) is 0 Å². The lowest BCUT2D eigenvalue weighted by Crippen LogP contribution is -2.20. The molecule has 0 amide bonds.